The Morgan fingerprint density at radius 3 is 2.56 bits per heavy atom. The van der Waals surface area contributed by atoms with Crippen molar-refractivity contribution in [2.24, 2.45) is 0 Å². The predicted molar refractivity (Wildman–Crippen MR) is 106 cm³/mol. The highest BCUT2D eigenvalue weighted by Gasteiger charge is 2.22. The summed E-state index contributed by atoms with van der Waals surface area (Å²) < 4.78 is 5.96. The number of aryl methyl sites for hydroxylation is 3. The molecular formula is C23H21ClO. The lowest BCUT2D eigenvalue weighted by molar-refractivity contribution is 0.518. The van der Waals surface area contributed by atoms with Gasteiger partial charge in [-0.05, 0) is 71.9 Å². The Balaban J connectivity index is 1.90. The molecule has 0 N–H and O–H groups in total. The van der Waals surface area contributed by atoms with Gasteiger partial charge in [-0.15, -0.1) is 0 Å². The van der Waals surface area contributed by atoms with Gasteiger partial charge in [0, 0.05) is 17.0 Å². The Hall–Kier alpha value is -2.25. The molecule has 0 unspecified atom stereocenters. The van der Waals surface area contributed by atoms with Crippen molar-refractivity contribution in [2.75, 3.05) is 0 Å². The van der Waals surface area contributed by atoms with Crippen LogP contribution in [-0.2, 0) is 12.8 Å². The maximum Gasteiger partial charge on any atom is 0.130 e. The molecule has 0 amide bonds. The Morgan fingerprint density at radius 1 is 1.08 bits per heavy atom. The highest BCUT2D eigenvalue weighted by molar-refractivity contribution is 6.33. The van der Waals surface area contributed by atoms with E-state index >= 15 is 0 Å². The lowest BCUT2D eigenvalue weighted by Gasteiger charge is -2.14. The number of fused-ring (bicyclic) bond motifs is 1. The molecule has 1 nitrogen and oxygen atoms in total. The summed E-state index contributed by atoms with van der Waals surface area (Å²) in [4.78, 5) is 0. The third-order valence-electron chi connectivity index (χ3n) is 5.13. The van der Waals surface area contributed by atoms with E-state index in [1.807, 2.05) is 19.1 Å². The first-order valence-corrected chi connectivity index (χ1v) is 9.14. The fourth-order valence-electron chi connectivity index (χ4n) is 3.62. The van der Waals surface area contributed by atoms with E-state index in [1.54, 1.807) is 0 Å². The summed E-state index contributed by atoms with van der Waals surface area (Å²) in [6, 6.07) is 14.8. The summed E-state index contributed by atoms with van der Waals surface area (Å²) >= 11 is 6.53. The van der Waals surface area contributed by atoms with Crippen LogP contribution in [0.2, 0.25) is 5.02 Å². The van der Waals surface area contributed by atoms with Crippen molar-refractivity contribution in [3.63, 3.8) is 0 Å². The third-order valence-corrected chi connectivity index (χ3v) is 5.46. The van der Waals surface area contributed by atoms with Crippen LogP contribution in [0.15, 0.2) is 46.9 Å². The number of benzene rings is 2. The van der Waals surface area contributed by atoms with Crippen molar-refractivity contribution in [3.8, 4) is 11.1 Å². The number of furan rings is 1. The van der Waals surface area contributed by atoms with Crippen LogP contribution in [-0.4, -0.2) is 0 Å². The molecule has 0 radical (unpaired) electrons. The summed E-state index contributed by atoms with van der Waals surface area (Å²) in [5, 5.41) is 0.803. The lowest BCUT2D eigenvalue weighted by Crippen LogP contribution is -1.94. The molecule has 0 spiro atoms. The van der Waals surface area contributed by atoms with Crippen LogP contribution in [0, 0.1) is 13.8 Å². The summed E-state index contributed by atoms with van der Waals surface area (Å²) in [5.41, 5.74) is 8.78. The monoisotopic (exact) mass is 348 g/mol. The van der Waals surface area contributed by atoms with Gasteiger partial charge in [0.2, 0.25) is 0 Å². The first kappa shape index (κ1) is 16.2. The van der Waals surface area contributed by atoms with Crippen molar-refractivity contribution in [3.05, 3.63) is 81.3 Å². The van der Waals surface area contributed by atoms with E-state index in [0.717, 1.165) is 34.9 Å². The van der Waals surface area contributed by atoms with Gasteiger partial charge in [-0.25, -0.2) is 0 Å². The van der Waals surface area contributed by atoms with Crippen molar-refractivity contribution in [1.82, 2.24) is 0 Å². The van der Waals surface area contributed by atoms with Crippen molar-refractivity contribution in [2.45, 2.75) is 33.6 Å². The minimum Gasteiger partial charge on any atom is -0.461 e. The van der Waals surface area contributed by atoms with Gasteiger partial charge in [-0.2, -0.15) is 0 Å². The van der Waals surface area contributed by atoms with Crippen LogP contribution >= 0.6 is 11.6 Å². The minimum atomic E-state index is 0.803. The quantitative estimate of drug-likeness (QED) is 0.503. The molecule has 0 aliphatic heterocycles. The fourth-order valence-corrected chi connectivity index (χ4v) is 3.85. The Labute approximate surface area is 154 Å². The van der Waals surface area contributed by atoms with E-state index in [0.29, 0.717) is 0 Å². The Kier molecular flexibility index (Phi) is 4.05. The van der Waals surface area contributed by atoms with Gasteiger partial charge in [-0.3, -0.25) is 0 Å². The first-order chi connectivity index (χ1) is 12.1. The highest BCUT2D eigenvalue weighted by atomic mass is 35.5. The molecule has 1 aromatic heterocycles. The van der Waals surface area contributed by atoms with E-state index in [4.69, 9.17) is 16.0 Å². The van der Waals surface area contributed by atoms with Crippen LogP contribution in [0.5, 0.6) is 0 Å². The molecule has 126 valence electrons. The standard InChI is InChI=1S/C23H21ClO/c1-4-16-9-10-17-12-18(22-11-14(2)15(3)25-22)13-20(17)23(16)19-7-5-6-8-21(19)24/h5-11,13H,4,12H2,1-3H3. The summed E-state index contributed by atoms with van der Waals surface area (Å²) in [7, 11) is 0. The molecule has 0 fully saturated rings. The molecule has 25 heavy (non-hydrogen) atoms. The lowest BCUT2D eigenvalue weighted by atomic mass is 9.91. The molecule has 4 rings (SSSR count). The number of hydrogen-bond donors (Lipinski definition) is 0. The SMILES string of the molecule is CCc1ccc2c(c1-c1ccccc1Cl)C=C(c1cc(C)c(C)o1)C2. The summed E-state index contributed by atoms with van der Waals surface area (Å²) in [6.45, 7) is 6.31. The highest BCUT2D eigenvalue weighted by Crippen LogP contribution is 2.42. The summed E-state index contributed by atoms with van der Waals surface area (Å²) in [6.07, 6.45) is 4.17. The zero-order valence-electron chi connectivity index (χ0n) is 14.8. The van der Waals surface area contributed by atoms with Gasteiger partial charge in [0.15, 0.2) is 0 Å². The van der Waals surface area contributed by atoms with Gasteiger partial charge < -0.3 is 4.42 Å². The van der Waals surface area contributed by atoms with Crippen LogP contribution in [0.3, 0.4) is 0 Å². The van der Waals surface area contributed by atoms with Crippen molar-refractivity contribution >= 4 is 23.3 Å². The molecular weight excluding hydrogens is 328 g/mol. The normalized spacial score (nSPS) is 13.0. The van der Waals surface area contributed by atoms with Gasteiger partial charge in [0.1, 0.15) is 11.5 Å². The zero-order chi connectivity index (χ0) is 17.6. The molecule has 1 heterocycles. The molecule has 0 atom stereocenters. The first-order valence-electron chi connectivity index (χ1n) is 8.76. The minimum absolute atomic E-state index is 0.803. The average molecular weight is 349 g/mol. The molecule has 0 saturated heterocycles. The number of allylic oxidation sites excluding steroid dienone is 1. The Morgan fingerprint density at radius 2 is 1.88 bits per heavy atom. The van der Waals surface area contributed by atoms with Gasteiger partial charge in [-0.1, -0.05) is 48.9 Å². The zero-order valence-corrected chi connectivity index (χ0v) is 15.6. The topological polar surface area (TPSA) is 13.1 Å². The largest absolute Gasteiger partial charge is 0.461 e. The van der Waals surface area contributed by atoms with E-state index in [9.17, 15) is 0 Å². The Bertz CT molecular complexity index is 972. The predicted octanol–water partition coefficient (Wildman–Crippen LogP) is 6.88. The molecule has 1 aliphatic carbocycles. The second-order valence-corrected chi connectivity index (χ2v) is 7.11. The van der Waals surface area contributed by atoms with Gasteiger partial charge in [0.25, 0.3) is 0 Å². The molecule has 2 heteroatoms. The van der Waals surface area contributed by atoms with Gasteiger partial charge in [0.05, 0.1) is 0 Å². The maximum atomic E-state index is 6.53. The summed E-state index contributed by atoms with van der Waals surface area (Å²) in [5.74, 6) is 1.97. The molecule has 0 saturated carbocycles. The molecule has 0 bridgehead atoms. The van der Waals surface area contributed by atoms with E-state index in [2.05, 4.69) is 50.3 Å². The number of hydrogen-bond acceptors (Lipinski definition) is 1. The second-order valence-electron chi connectivity index (χ2n) is 6.70. The molecule has 3 aromatic rings. The van der Waals surface area contributed by atoms with E-state index in [1.165, 1.54) is 33.4 Å². The molecule has 2 aromatic carbocycles. The maximum absolute atomic E-state index is 6.53. The third kappa shape index (κ3) is 2.73. The number of halogens is 1. The van der Waals surface area contributed by atoms with E-state index in [-0.39, 0.29) is 0 Å². The number of rotatable bonds is 3. The van der Waals surface area contributed by atoms with Crippen molar-refractivity contribution < 1.29 is 4.42 Å². The molecule has 1 aliphatic rings. The van der Waals surface area contributed by atoms with Crippen LogP contribution in [0.4, 0.5) is 0 Å². The second kappa shape index (κ2) is 6.24. The van der Waals surface area contributed by atoms with Crippen LogP contribution < -0.4 is 0 Å². The van der Waals surface area contributed by atoms with Crippen molar-refractivity contribution in [1.29, 1.82) is 0 Å². The van der Waals surface area contributed by atoms with E-state index < -0.39 is 0 Å². The average Bonchev–Trinajstić information content (AvgIpc) is 3.18. The van der Waals surface area contributed by atoms with Gasteiger partial charge >= 0.3 is 0 Å². The van der Waals surface area contributed by atoms with Crippen LogP contribution in [0.1, 0.15) is 40.7 Å². The smallest absolute Gasteiger partial charge is 0.130 e. The van der Waals surface area contributed by atoms with Crippen LogP contribution in [0.25, 0.3) is 22.8 Å². The fraction of sp³-hybridized carbons (Fsp3) is 0.217.